The minimum absolute atomic E-state index is 0.579. The topological polar surface area (TPSA) is 49.8 Å². The summed E-state index contributed by atoms with van der Waals surface area (Å²) in [7, 11) is 1.91. The van der Waals surface area contributed by atoms with Crippen molar-refractivity contribution in [3.8, 4) is 0 Å². The monoisotopic (exact) mass is 276 g/mol. The lowest BCUT2D eigenvalue weighted by molar-refractivity contribution is 0.304. The second-order valence-electron chi connectivity index (χ2n) is 6.55. The Morgan fingerprint density at radius 2 is 1.70 bits per heavy atom. The van der Waals surface area contributed by atoms with Gasteiger partial charge in [-0.2, -0.15) is 0 Å². The van der Waals surface area contributed by atoms with Crippen molar-refractivity contribution in [2.45, 2.75) is 46.5 Å². The summed E-state index contributed by atoms with van der Waals surface area (Å²) >= 11 is 0. The quantitative estimate of drug-likeness (QED) is 0.796. The smallest absolute Gasteiger partial charge is 0.136 e. The van der Waals surface area contributed by atoms with Gasteiger partial charge in [-0.15, -0.1) is 0 Å². The number of anilines is 2. The van der Waals surface area contributed by atoms with Gasteiger partial charge in [0.1, 0.15) is 17.5 Å². The molecule has 20 heavy (non-hydrogen) atoms. The molecule has 1 aliphatic carbocycles. The van der Waals surface area contributed by atoms with Crippen molar-refractivity contribution < 1.29 is 0 Å². The largest absolute Gasteiger partial charge is 0.373 e. The molecule has 2 rings (SSSR count). The van der Waals surface area contributed by atoms with E-state index in [1.807, 2.05) is 13.1 Å². The molecule has 1 saturated carbocycles. The van der Waals surface area contributed by atoms with Gasteiger partial charge in [-0.3, -0.25) is 0 Å². The minimum atomic E-state index is 0.579. The van der Waals surface area contributed by atoms with Crippen molar-refractivity contribution in [3.63, 3.8) is 0 Å². The van der Waals surface area contributed by atoms with Crippen LogP contribution in [0.1, 0.15) is 52.3 Å². The molecule has 0 aliphatic heterocycles. The summed E-state index contributed by atoms with van der Waals surface area (Å²) in [6, 6.07) is 2.00. The Balaban J connectivity index is 2.06. The molecule has 0 unspecified atom stereocenters. The maximum absolute atomic E-state index is 4.67. The van der Waals surface area contributed by atoms with Gasteiger partial charge in [-0.05, 0) is 30.6 Å². The van der Waals surface area contributed by atoms with Crippen LogP contribution in [0.25, 0.3) is 0 Å². The van der Waals surface area contributed by atoms with Gasteiger partial charge in [0.15, 0.2) is 0 Å². The van der Waals surface area contributed by atoms with Crippen LogP contribution in [0.5, 0.6) is 0 Å². The molecule has 0 saturated heterocycles. The van der Waals surface area contributed by atoms with E-state index in [0.29, 0.717) is 23.7 Å². The lowest BCUT2D eigenvalue weighted by atomic mass is 9.85. The van der Waals surface area contributed by atoms with E-state index in [-0.39, 0.29) is 0 Å². The number of nitrogens with zero attached hydrogens (tertiary/aromatic N) is 2. The first-order chi connectivity index (χ1) is 9.51. The van der Waals surface area contributed by atoms with Gasteiger partial charge in [-0.1, -0.05) is 27.7 Å². The van der Waals surface area contributed by atoms with Gasteiger partial charge in [-0.25, -0.2) is 9.97 Å². The Kier molecular flexibility index (Phi) is 4.84. The van der Waals surface area contributed by atoms with Gasteiger partial charge in [0.05, 0.1) is 0 Å². The highest BCUT2D eigenvalue weighted by atomic mass is 15.1. The molecule has 0 amide bonds. The zero-order chi connectivity index (χ0) is 14.7. The number of nitrogens with one attached hydrogen (secondary N) is 2. The predicted molar refractivity (Wildman–Crippen MR) is 85.2 cm³/mol. The standard InChI is InChI=1S/C16H28N4/c1-10(2)13(11(3)4)9-18-15-8-14(17-5)19-16(20-15)12-6-7-12/h8,10-13H,6-7,9H2,1-5H3,(H2,17,18,19,20). The summed E-state index contributed by atoms with van der Waals surface area (Å²) in [6.45, 7) is 10.1. The third-order valence-electron chi connectivity index (χ3n) is 4.17. The predicted octanol–water partition coefficient (Wildman–Crippen LogP) is 3.74. The molecule has 2 N–H and O–H groups in total. The summed E-state index contributed by atoms with van der Waals surface area (Å²) in [5, 5.41) is 6.65. The molecule has 4 heteroatoms. The second-order valence-corrected chi connectivity index (χ2v) is 6.55. The lowest BCUT2D eigenvalue weighted by Gasteiger charge is -2.25. The lowest BCUT2D eigenvalue weighted by Crippen LogP contribution is -2.25. The first kappa shape index (κ1) is 15.1. The molecule has 0 atom stereocenters. The van der Waals surface area contributed by atoms with Crippen LogP contribution in [-0.2, 0) is 0 Å². The van der Waals surface area contributed by atoms with Crippen LogP contribution in [0.3, 0.4) is 0 Å². The molecule has 112 valence electrons. The van der Waals surface area contributed by atoms with Crippen molar-refractivity contribution in [3.05, 3.63) is 11.9 Å². The minimum Gasteiger partial charge on any atom is -0.373 e. The highest BCUT2D eigenvalue weighted by molar-refractivity contribution is 5.47. The molecule has 4 nitrogen and oxygen atoms in total. The average Bonchev–Trinajstić information content (AvgIpc) is 3.22. The number of hydrogen-bond donors (Lipinski definition) is 2. The highest BCUT2D eigenvalue weighted by Crippen LogP contribution is 2.38. The van der Waals surface area contributed by atoms with E-state index in [2.05, 4.69) is 48.3 Å². The van der Waals surface area contributed by atoms with Crippen LogP contribution in [0.4, 0.5) is 11.6 Å². The molecule has 1 fully saturated rings. The fraction of sp³-hybridized carbons (Fsp3) is 0.750. The Morgan fingerprint density at radius 3 is 2.20 bits per heavy atom. The van der Waals surface area contributed by atoms with E-state index >= 15 is 0 Å². The first-order valence-electron chi connectivity index (χ1n) is 7.81. The number of hydrogen-bond acceptors (Lipinski definition) is 4. The molecule has 0 aromatic carbocycles. The highest BCUT2D eigenvalue weighted by Gasteiger charge is 2.27. The van der Waals surface area contributed by atoms with Crippen LogP contribution < -0.4 is 10.6 Å². The van der Waals surface area contributed by atoms with E-state index in [0.717, 1.165) is 24.0 Å². The van der Waals surface area contributed by atoms with Crippen molar-refractivity contribution in [1.29, 1.82) is 0 Å². The summed E-state index contributed by atoms with van der Waals surface area (Å²) in [6.07, 6.45) is 2.46. The first-order valence-corrected chi connectivity index (χ1v) is 7.81. The van der Waals surface area contributed by atoms with Gasteiger partial charge < -0.3 is 10.6 Å². The molecule has 0 bridgehead atoms. The van der Waals surface area contributed by atoms with Crippen molar-refractivity contribution in [1.82, 2.24) is 9.97 Å². The summed E-state index contributed by atoms with van der Waals surface area (Å²) < 4.78 is 0. The zero-order valence-electron chi connectivity index (χ0n) is 13.4. The third kappa shape index (κ3) is 3.84. The van der Waals surface area contributed by atoms with Crippen molar-refractivity contribution in [2.75, 3.05) is 24.2 Å². The molecule has 1 heterocycles. The van der Waals surface area contributed by atoms with Crippen LogP contribution >= 0.6 is 0 Å². The Morgan fingerprint density at radius 1 is 1.10 bits per heavy atom. The molecule has 1 aliphatic rings. The zero-order valence-corrected chi connectivity index (χ0v) is 13.4. The van der Waals surface area contributed by atoms with Crippen molar-refractivity contribution in [2.24, 2.45) is 17.8 Å². The van der Waals surface area contributed by atoms with Gasteiger partial charge in [0.2, 0.25) is 0 Å². The normalized spacial score (nSPS) is 15.2. The van der Waals surface area contributed by atoms with Crippen molar-refractivity contribution >= 4 is 11.6 Å². The van der Waals surface area contributed by atoms with E-state index in [1.54, 1.807) is 0 Å². The van der Waals surface area contributed by atoms with E-state index in [4.69, 9.17) is 0 Å². The van der Waals surface area contributed by atoms with E-state index in [1.165, 1.54) is 12.8 Å². The summed E-state index contributed by atoms with van der Waals surface area (Å²) in [5.41, 5.74) is 0. The fourth-order valence-electron chi connectivity index (χ4n) is 2.67. The maximum atomic E-state index is 4.67. The Hall–Kier alpha value is -1.32. The average molecular weight is 276 g/mol. The third-order valence-corrected chi connectivity index (χ3v) is 4.17. The summed E-state index contributed by atoms with van der Waals surface area (Å²) in [5.74, 6) is 5.45. The molecular formula is C16H28N4. The molecular weight excluding hydrogens is 248 g/mol. The van der Waals surface area contributed by atoms with Gasteiger partial charge in [0, 0.05) is 25.6 Å². The molecule has 0 radical (unpaired) electrons. The SMILES string of the molecule is CNc1cc(NCC(C(C)C)C(C)C)nc(C2CC2)n1. The number of rotatable bonds is 7. The van der Waals surface area contributed by atoms with Gasteiger partial charge in [0.25, 0.3) is 0 Å². The second kappa shape index (κ2) is 6.42. The van der Waals surface area contributed by atoms with Crippen LogP contribution in [0.2, 0.25) is 0 Å². The van der Waals surface area contributed by atoms with Crippen LogP contribution in [0, 0.1) is 17.8 Å². The van der Waals surface area contributed by atoms with Gasteiger partial charge >= 0.3 is 0 Å². The fourth-order valence-corrected chi connectivity index (χ4v) is 2.67. The molecule has 1 aromatic rings. The summed E-state index contributed by atoms with van der Waals surface area (Å²) in [4.78, 5) is 9.22. The number of aromatic nitrogens is 2. The molecule has 1 aromatic heterocycles. The van der Waals surface area contributed by atoms with E-state index < -0.39 is 0 Å². The maximum Gasteiger partial charge on any atom is 0.136 e. The molecule has 0 spiro atoms. The van der Waals surface area contributed by atoms with E-state index in [9.17, 15) is 0 Å². The Bertz CT molecular complexity index is 430. The Labute approximate surface area is 122 Å². The van der Waals surface area contributed by atoms with Crippen LogP contribution in [-0.4, -0.2) is 23.6 Å². The van der Waals surface area contributed by atoms with Crippen LogP contribution in [0.15, 0.2) is 6.07 Å².